The lowest BCUT2D eigenvalue weighted by atomic mass is 10.1. The molecule has 0 fully saturated rings. The van der Waals surface area contributed by atoms with Gasteiger partial charge in [-0.15, -0.1) is 0 Å². The molecule has 0 spiro atoms. The Bertz CT molecular complexity index is 1320. The average molecular weight is 622 g/mol. The second kappa shape index (κ2) is 19.5. The van der Waals surface area contributed by atoms with Crippen LogP contribution in [0, 0.1) is 0 Å². The normalized spacial score (nSPS) is 11.8. The Morgan fingerprint density at radius 1 is 0.889 bits per heavy atom. The van der Waals surface area contributed by atoms with E-state index in [1.165, 1.54) is 64.6 Å². The third-order valence-corrected chi connectivity index (χ3v) is 7.78. The van der Waals surface area contributed by atoms with Crippen molar-refractivity contribution >= 4 is 34.3 Å². The largest absolute Gasteiger partial charge is 0.493 e. The second-order valence-corrected chi connectivity index (χ2v) is 11.5. The van der Waals surface area contributed by atoms with Gasteiger partial charge in [0.05, 0.1) is 19.2 Å². The average Bonchev–Trinajstić information content (AvgIpc) is 3.03. The number of anilines is 2. The molecule has 1 aromatic heterocycles. The quantitative estimate of drug-likeness (QED) is 0.105. The van der Waals surface area contributed by atoms with Crippen molar-refractivity contribution in [2.45, 2.75) is 91.0 Å². The molecular weight excluding hydrogens is 570 g/mol. The number of unbranched alkanes of at least 4 members (excludes halogenated alkanes) is 6. The lowest BCUT2D eigenvalue weighted by Gasteiger charge is -2.22. The molecule has 3 N–H and O–H groups in total. The molecule has 0 radical (unpaired) electrons. The number of fused-ring (bicyclic) bond motifs is 1. The Labute approximate surface area is 267 Å². The van der Waals surface area contributed by atoms with Crippen LogP contribution < -0.4 is 20.1 Å². The minimum atomic E-state index is -1.07. The van der Waals surface area contributed by atoms with Gasteiger partial charge in [0.25, 0.3) is 0 Å². The third-order valence-electron chi connectivity index (χ3n) is 7.78. The minimum absolute atomic E-state index is 0.182. The molecule has 10 heteroatoms. The van der Waals surface area contributed by atoms with E-state index in [1.54, 1.807) is 7.11 Å². The Morgan fingerprint density at radius 2 is 1.56 bits per heavy atom. The number of ether oxygens (including phenoxy) is 2. The predicted molar refractivity (Wildman–Crippen MR) is 180 cm³/mol. The topological polar surface area (TPSA) is 126 Å². The zero-order valence-electron chi connectivity index (χ0n) is 27.4. The molecule has 0 saturated heterocycles. The number of carboxylic acids is 1. The van der Waals surface area contributed by atoms with E-state index in [4.69, 9.17) is 9.47 Å². The van der Waals surface area contributed by atoms with Crippen LogP contribution in [0.3, 0.4) is 0 Å². The third kappa shape index (κ3) is 12.2. The van der Waals surface area contributed by atoms with E-state index in [9.17, 15) is 14.7 Å². The molecule has 0 aliphatic rings. The molecule has 1 amide bonds. The van der Waals surface area contributed by atoms with Gasteiger partial charge in [-0.05, 0) is 56.1 Å². The van der Waals surface area contributed by atoms with Crippen molar-refractivity contribution in [1.82, 2.24) is 20.2 Å². The van der Waals surface area contributed by atoms with E-state index in [-0.39, 0.29) is 12.3 Å². The summed E-state index contributed by atoms with van der Waals surface area (Å²) in [5.41, 5.74) is 2.29. The molecule has 10 nitrogen and oxygen atoms in total. The minimum Gasteiger partial charge on any atom is -0.493 e. The maximum absolute atomic E-state index is 11.5. The molecule has 0 saturated carbocycles. The molecule has 1 heterocycles. The lowest BCUT2D eigenvalue weighted by Crippen LogP contribution is -2.41. The molecule has 2 aromatic carbocycles. The van der Waals surface area contributed by atoms with Gasteiger partial charge in [0, 0.05) is 37.0 Å². The van der Waals surface area contributed by atoms with Crippen LogP contribution in [-0.2, 0) is 16.0 Å². The van der Waals surface area contributed by atoms with E-state index in [2.05, 4.69) is 39.3 Å². The van der Waals surface area contributed by atoms with Crippen LogP contribution in [0.5, 0.6) is 11.5 Å². The van der Waals surface area contributed by atoms with Crippen molar-refractivity contribution in [1.29, 1.82) is 0 Å². The lowest BCUT2D eigenvalue weighted by molar-refractivity contribution is -0.141. The van der Waals surface area contributed by atoms with Gasteiger partial charge in [0.15, 0.2) is 11.5 Å². The number of benzene rings is 2. The Hall–Kier alpha value is -3.92. The number of amides is 1. The standard InChI is InChI=1S/C35H51N5O5/c1-5-7-9-11-18-40(19-12-10-8-6-2)20-13-21-45-33-23-29-30(24-32(33)44-4)36-25-37-34(29)39-28-16-14-27(15-17-28)22-31(35(42)43)38-26(3)41/h14-17,23-25,31H,5-13,18-22H2,1-4H3,(H,38,41)(H,42,43)(H,36,37,39). The molecule has 45 heavy (non-hydrogen) atoms. The highest BCUT2D eigenvalue weighted by atomic mass is 16.5. The molecule has 246 valence electrons. The highest BCUT2D eigenvalue weighted by Crippen LogP contribution is 2.35. The van der Waals surface area contributed by atoms with E-state index < -0.39 is 12.0 Å². The summed E-state index contributed by atoms with van der Waals surface area (Å²) in [6, 6.07) is 10.2. The van der Waals surface area contributed by atoms with Crippen LogP contribution in [0.2, 0.25) is 0 Å². The molecule has 1 atom stereocenters. The van der Waals surface area contributed by atoms with Gasteiger partial charge in [0.1, 0.15) is 18.2 Å². The first kappa shape index (κ1) is 35.6. The SMILES string of the molecule is CCCCCCN(CCCCCC)CCCOc1cc2c(Nc3ccc(CC(NC(C)=O)C(=O)O)cc3)ncnc2cc1OC. The first-order valence-electron chi connectivity index (χ1n) is 16.4. The van der Waals surface area contributed by atoms with Crippen molar-refractivity contribution in [2.75, 3.05) is 38.7 Å². The van der Waals surface area contributed by atoms with E-state index in [1.807, 2.05) is 36.4 Å². The van der Waals surface area contributed by atoms with Crippen LogP contribution in [-0.4, -0.2) is 71.2 Å². The van der Waals surface area contributed by atoms with Gasteiger partial charge in [-0.3, -0.25) is 4.79 Å². The first-order chi connectivity index (χ1) is 21.8. The molecular formula is C35H51N5O5. The maximum atomic E-state index is 11.5. The first-order valence-corrected chi connectivity index (χ1v) is 16.4. The summed E-state index contributed by atoms with van der Waals surface area (Å²) in [5.74, 6) is 0.435. The molecule has 3 aromatic rings. The number of nitrogens with one attached hydrogen (secondary N) is 2. The summed E-state index contributed by atoms with van der Waals surface area (Å²) in [6.45, 7) is 9.70. The van der Waals surface area contributed by atoms with Crippen LogP contribution in [0.15, 0.2) is 42.7 Å². The van der Waals surface area contributed by atoms with Gasteiger partial charge in [-0.2, -0.15) is 0 Å². The molecule has 0 aliphatic heterocycles. The van der Waals surface area contributed by atoms with Crippen molar-refractivity contribution in [3.63, 3.8) is 0 Å². The number of carbonyl (C=O) groups excluding carboxylic acids is 1. The van der Waals surface area contributed by atoms with Crippen molar-refractivity contribution in [2.24, 2.45) is 0 Å². The Kier molecular flexibility index (Phi) is 15.4. The summed E-state index contributed by atoms with van der Waals surface area (Å²) in [7, 11) is 1.63. The van der Waals surface area contributed by atoms with Crippen molar-refractivity contribution in [3.8, 4) is 11.5 Å². The van der Waals surface area contributed by atoms with Gasteiger partial charge in [0.2, 0.25) is 5.91 Å². The van der Waals surface area contributed by atoms with Crippen LogP contribution in [0.1, 0.15) is 84.1 Å². The van der Waals surface area contributed by atoms with Crippen molar-refractivity contribution < 1.29 is 24.2 Å². The number of carbonyl (C=O) groups is 2. The monoisotopic (exact) mass is 621 g/mol. The second-order valence-electron chi connectivity index (χ2n) is 11.5. The summed E-state index contributed by atoms with van der Waals surface area (Å²) in [6.07, 6.45) is 12.8. The maximum Gasteiger partial charge on any atom is 0.326 e. The fourth-order valence-corrected chi connectivity index (χ4v) is 5.31. The number of rotatable bonds is 22. The van der Waals surface area contributed by atoms with E-state index >= 15 is 0 Å². The molecule has 1 unspecified atom stereocenters. The van der Waals surface area contributed by atoms with E-state index in [0.717, 1.165) is 48.2 Å². The van der Waals surface area contributed by atoms with Crippen LogP contribution in [0.25, 0.3) is 10.9 Å². The molecule has 3 rings (SSSR count). The summed E-state index contributed by atoms with van der Waals surface area (Å²) < 4.78 is 11.9. The van der Waals surface area contributed by atoms with Gasteiger partial charge in [-0.1, -0.05) is 64.5 Å². The fraction of sp³-hybridized carbons (Fsp3) is 0.543. The van der Waals surface area contributed by atoms with Gasteiger partial charge >= 0.3 is 5.97 Å². The summed E-state index contributed by atoms with van der Waals surface area (Å²) in [5, 5.41) is 16.0. The Balaban J connectivity index is 1.65. The van der Waals surface area contributed by atoms with Gasteiger partial charge < -0.3 is 30.1 Å². The number of nitrogens with zero attached hydrogens (tertiary/aromatic N) is 3. The smallest absolute Gasteiger partial charge is 0.326 e. The summed E-state index contributed by atoms with van der Waals surface area (Å²) >= 11 is 0. The molecule has 0 aliphatic carbocycles. The van der Waals surface area contributed by atoms with E-state index in [0.29, 0.717) is 23.9 Å². The zero-order valence-corrected chi connectivity index (χ0v) is 27.4. The highest BCUT2D eigenvalue weighted by molar-refractivity contribution is 5.93. The number of carboxylic acid groups (broad SMARTS) is 1. The number of methoxy groups -OCH3 is 1. The number of hydrogen-bond acceptors (Lipinski definition) is 8. The highest BCUT2D eigenvalue weighted by Gasteiger charge is 2.19. The number of hydrogen-bond donors (Lipinski definition) is 3. The van der Waals surface area contributed by atoms with Crippen molar-refractivity contribution in [3.05, 3.63) is 48.3 Å². The molecule has 0 bridgehead atoms. The Morgan fingerprint density at radius 3 is 2.16 bits per heavy atom. The van der Waals surface area contributed by atoms with Gasteiger partial charge in [-0.25, -0.2) is 14.8 Å². The summed E-state index contributed by atoms with van der Waals surface area (Å²) in [4.78, 5) is 34.4. The fourth-order valence-electron chi connectivity index (χ4n) is 5.31. The predicted octanol–water partition coefficient (Wildman–Crippen LogP) is 6.75. The number of aliphatic carboxylic acids is 1. The van der Waals surface area contributed by atoms with Crippen LogP contribution in [0.4, 0.5) is 11.5 Å². The zero-order chi connectivity index (χ0) is 32.4. The van der Waals surface area contributed by atoms with Crippen LogP contribution >= 0.6 is 0 Å². The number of aromatic nitrogens is 2.